The lowest BCUT2D eigenvalue weighted by Gasteiger charge is -2.21. The van der Waals surface area contributed by atoms with Crippen LogP contribution in [0.5, 0.6) is 0 Å². The topological polar surface area (TPSA) is 71.8 Å². The molecule has 0 aliphatic carbocycles. The van der Waals surface area contributed by atoms with Gasteiger partial charge in [0.15, 0.2) is 0 Å². The molecule has 1 aromatic rings. The lowest BCUT2D eigenvalue weighted by molar-refractivity contribution is -0.121. The third-order valence-corrected chi connectivity index (χ3v) is 3.07. The van der Waals surface area contributed by atoms with Crippen LogP contribution in [0.4, 0.5) is 0 Å². The van der Waals surface area contributed by atoms with E-state index in [0.717, 1.165) is 12.8 Å². The number of methoxy groups -OCH3 is 1. The van der Waals surface area contributed by atoms with E-state index in [2.05, 4.69) is 12.2 Å². The second-order valence-electron chi connectivity index (χ2n) is 4.75. The molecule has 1 heterocycles. The molecule has 0 aliphatic rings. The van der Waals surface area contributed by atoms with Crippen LogP contribution in [-0.2, 0) is 9.53 Å². The van der Waals surface area contributed by atoms with E-state index in [1.165, 1.54) is 12.5 Å². The Morgan fingerprint density at radius 1 is 1.38 bits per heavy atom. The van der Waals surface area contributed by atoms with Crippen molar-refractivity contribution in [3.8, 4) is 0 Å². The predicted octanol–water partition coefficient (Wildman–Crippen LogP) is 1.67. The molecule has 118 valence electrons. The zero-order valence-electron chi connectivity index (χ0n) is 12.8. The molecule has 1 aromatic heterocycles. The molecule has 1 rings (SSSR count). The zero-order chi connectivity index (χ0) is 15.5. The van der Waals surface area contributed by atoms with Crippen molar-refractivity contribution in [2.24, 2.45) is 0 Å². The molecule has 0 fully saturated rings. The van der Waals surface area contributed by atoms with Gasteiger partial charge in [-0.1, -0.05) is 13.3 Å². The van der Waals surface area contributed by atoms with Crippen molar-refractivity contribution in [2.75, 3.05) is 33.4 Å². The Balaban J connectivity index is 2.46. The van der Waals surface area contributed by atoms with Crippen LogP contribution in [0.25, 0.3) is 0 Å². The van der Waals surface area contributed by atoms with Crippen LogP contribution in [0.1, 0.15) is 36.5 Å². The first-order valence-corrected chi connectivity index (χ1v) is 7.26. The predicted molar refractivity (Wildman–Crippen MR) is 79.0 cm³/mol. The molecule has 0 bridgehead atoms. The summed E-state index contributed by atoms with van der Waals surface area (Å²) < 4.78 is 9.81. The van der Waals surface area contributed by atoms with E-state index < -0.39 is 0 Å². The minimum atomic E-state index is -0.0955. The summed E-state index contributed by atoms with van der Waals surface area (Å²) in [5, 5.41) is 2.75. The van der Waals surface area contributed by atoms with Gasteiger partial charge in [-0.2, -0.15) is 0 Å². The van der Waals surface area contributed by atoms with Crippen LogP contribution in [0.3, 0.4) is 0 Å². The van der Waals surface area contributed by atoms with Crippen molar-refractivity contribution in [3.63, 3.8) is 0 Å². The summed E-state index contributed by atoms with van der Waals surface area (Å²) in [5.74, 6) is -0.171. The average molecular weight is 296 g/mol. The first kappa shape index (κ1) is 17.2. The number of hydrogen-bond donors (Lipinski definition) is 1. The molecule has 0 unspecified atom stereocenters. The largest absolute Gasteiger partial charge is 0.472 e. The summed E-state index contributed by atoms with van der Waals surface area (Å²) in [4.78, 5) is 25.7. The maximum atomic E-state index is 12.3. The molecule has 6 heteroatoms. The lowest BCUT2D eigenvalue weighted by Crippen LogP contribution is -2.36. The second-order valence-corrected chi connectivity index (χ2v) is 4.75. The summed E-state index contributed by atoms with van der Waals surface area (Å²) >= 11 is 0. The van der Waals surface area contributed by atoms with E-state index in [0.29, 0.717) is 31.8 Å². The summed E-state index contributed by atoms with van der Waals surface area (Å²) in [5.41, 5.74) is 0.519. The van der Waals surface area contributed by atoms with Crippen molar-refractivity contribution in [2.45, 2.75) is 26.2 Å². The number of furan rings is 1. The highest BCUT2D eigenvalue weighted by Gasteiger charge is 2.17. The normalized spacial score (nSPS) is 10.4. The molecule has 0 spiro atoms. The molecule has 0 saturated carbocycles. The average Bonchev–Trinajstić information content (AvgIpc) is 3.01. The van der Waals surface area contributed by atoms with Gasteiger partial charge in [-0.15, -0.1) is 0 Å². The van der Waals surface area contributed by atoms with Gasteiger partial charge >= 0.3 is 0 Å². The number of carbonyl (C=O) groups is 2. The Kier molecular flexibility index (Phi) is 8.19. The first-order chi connectivity index (χ1) is 10.2. The highest BCUT2D eigenvalue weighted by molar-refractivity contribution is 5.94. The smallest absolute Gasteiger partial charge is 0.257 e. The standard InChI is InChI=1S/C15H24N2O4/c1-3-4-8-17(15(19)13-6-10-21-12-13)9-5-14(18)16-7-11-20-2/h6,10,12H,3-5,7-9,11H2,1-2H3,(H,16,18). The van der Waals surface area contributed by atoms with E-state index >= 15 is 0 Å². The zero-order valence-corrected chi connectivity index (χ0v) is 12.8. The van der Waals surface area contributed by atoms with Crippen molar-refractivity contribution in [1.29, 1.82) is 0 Å². The Labute approximate surface area is 125 Å². The van der Waals surface area contributed by atoms with Crippen LogP contribution >= 0.6 is 0 Å². The van der Waals surface area contributed by atoms with Gasteiger partial charge in [-0.25, -0.2) is 0 Å². The van der Waals surface area contributed by atoms with E-state index in [4.69, 9.17) is 9.15 Å². The van der Waals surface area contributed by atoms with Crippen molar-refractivity contribution in [3.05, 3.63) is 24.2 Å². The van der Waals surface area contributed by atoms with Crippen LogP contribution < -0.4 is 5.32 Å². The van der Waals surface area contributed by atoms with Crippen molar-refractivity contribution < 1.29 is 18.7 Å². The van der Waals surface area contributed by atoms with E-state index in [-0.39, 0.29) is 18.2 Å². The second kappa shape index (κ2) is 9.99. The minimum Gasteiger partial charge on any atom is -0.472 e. The Bertz CT molecular complexity index is 417. The van der Waals surface area contributed by atoms with Gasteiger partial charge in [0.25, 0.3) is 5.91 Å². The molecule has 1 N–H and O–H groups in total. The summed E-state index contributed by atoms with van der Waals surface area (Å²) in [6.07, 6.45) is 5.10. The number of ether oxygens (including phenoxy) is 1. The third-order valence-electron chi connectivity index (χ3n) is 3.07. The van der Waals surface area contributed by atoms with Crippen LogP contribution in [0, 0.1) is 0 Å². The molecule has 0 atom stereocenters. The summed E-state index contributed by atoms with van der Waals surface area (Å²) in [7, 11) is 1.59. The molecule has 2 amide bonds. The molecule has 0 aromatic carbocycles. The molecule has 0 aliphatic heterocycles. The Hall–Kier alpha value is -1.82. The van der Waals surface area contributed by atoms with Gasteiger partial charge in [-0.3, -0.25) is 9.59 Å². The van der Waals surface area contributed by atoms with E-state index in [9.17, 15) is 9.59 Å². The number of rotatable bonds is 10. The Morgan fingerprint density at radius 2 is 2.19 bits per heavy atom. The van der Waals surface area contributed by atoms with Crippen molar-refractivity contribution in [1.82, 2.24) is 10.2 Å². The number of hydrogen-bond acceptors (Lipinski definition) is 4. The molecule has 6 nitrogen and oxygen atoms in total. The van der Waals surface area contributed by atoms with Gasteiger partial charge < -0.3 is 19.4 Å². The molecule has 0 radical (unpaired) electrons. The maximum Gasteiger partial charge on any atom is 0.257 e. The number of nitrogens with one attached hydrogen (secondary N) is 1. The maximum absolute atomic E-state index is 12.3. The lowest BCUT2D eigenvalue weighted by atomic mass is 10.2. The molecule has 21 heavy (non-hydrogen) atoms. The van der Waals surface area contributed by atoms with Crippen LogP contribution in [-0.4, -0.2) is 50.1 Å². The van der Waals surface area contributed by atoms with Gasteiger partial charge in [0, 0.05) is 33.2 Å². The number of carbonyl (C=O) groups excluding carboxylic acids is 2. The van der Waals surface area contributed by atoms with Crippen LogP contribution in [0.15, 0.2) is 23.0 Å². The summed E-state index contributed by atoms with van der Waals surface area (Å²) in [6, 6.07) is 1.64. The highest BCUT2D eigenvalue weighted by atomic mass is 16.5. The first-order valence-electron chi connectivity index (χ1n) is 7.26. The molecular weight excluding hydrogens is 272 g/mol. The van der Waals surface area contributed by atoms with Gasteiger partial charge in [0.05, 0.1) is 18.4 Å². The van der Waals surface area contributed by atoms with Gasteiger partial charge in [0.1, 0.15) is 6.26 Å². The van der Waals surface area contributed by atoms with Gasteiger partial charge in [0.2, 0.25) is 5.91 Å². The number of amides is 2. The molecular formula is C15H24N2O4. The highest BCUT2D eigenvalue weighted by Crippen LogP contribution is 2.08. The number of unbranched alkanes of at least 4 members (excludes halogenated alkanes) is 1. The Morgan fingerprint density at radius 3 is 2.81 bits per heavy atom. The number of nitrogens with zero attached hydrogens (tertiary/aromatic N) is 1. The fourth-order valence-electron chi connectivity index (χ4n) is 1.85. The quantitative estimate of drug-likeness (QED) is 0.667. The molecule has 0 saturated heterocycles. The van der Waals surface area contributed by atoms with E-state index in [1.54, 1.807) is 18.1 Å². The minimum absolute atomic E-state index is 0.0754. The van der Waals surface area contributed by atoms with Gasteiger partial charge in [-0.05, 0) is 12.5 Å². The van der Waals surface area contributed by atoms with E-state index in [1.807, 2.05) is 0 Å². The summed E-state index contributed by atoms with van der Waals surface area (Å²) in [6.45, 7) is 4.09. The van der Waals surface area contributed by atoms with Crippen LogP contribution in [0.2, 0.25) is 0 Å². The fourth-order valence-corrected chi connectivity index (χ4v) is 1.85. The van der Waals surface area contributed by atoms with Crippen molar-refractivity contribution >= 4 is 11.8 Å². The third kappa shape index (κ3) is 6.44. The SMILES string of the molecule is CCCCN(CCC(=O)NCCOC)C(=O)c1ccoc1. The fraction of sp³-hybridized carbons (Fsp3) is 0.600. The monoisotopic (exact) mass is 296 g/mol.